The standard InChI is InChI=1S/C22H23NO5/c1-12(2)19(22(27)28-11-16(24)13-6-4-3-5-7-13)23-20(25)17-14-8-9-15(10-14)18(17)21(23)26/h3-9,12,14-15,17-19H,10-11H2,1-2H3/t14-,15-,17-,18+,19+/m0/s1. The number of rotatable bonds is 6. The van der Waals surface area contributed by atoms with Gasteiger partial charge in [-0.3, -0.25) is 19.3 Å². The first-order chi connectivity index (χ1) is 13.4. The van der Waals surface area contributed by atoms with Gasteiger partial charge < -0.3 is 4.74 Å². The molecule has 2 bridgehead atoms. The average molecular weight is 381 g/mol. The van der Waals surface area contributed by atoms with E-state index in [1.807, 2.05) is 12.2 Å². The predicted molar refractivity (Wildman–Crippen MR) is 99.9 cm³/mol. The lowest BCUT2D eigenvalue weighted by Gasteiger charge is -2.28. The Morgan fingerprint density at radius 1 is 1.04 bits per heavy atom. The number of ether oxygens (including phenoxy) is 1. The van der Waals surface area contributed by atoms with E-state index in [4.69, 9.17) is 4.74 Å². The van der Waals surface area contributed by atoms with Crippen molar-refractivity contribution in [3.63, 3.8) is 0 Å². The lowest BCUT2D eigenvalue weighted by atomic mass is 9.85. The Morgan fingerprint density at radius 3 is 2.14 bits per heavy atom. The zero-order valence-corrected chi connectivity index (χ0v) is 15.9. The van der Waals surface area contributed by atoms with Crippen LogP contribution < -0.4 is 0 Å². The SMILES string of the molecule is CC(C)[C@H](C(=O)OCC(=O)c1ccccc1)N1C(=O)[C@@H]2[C@H](C1=O)[C@H]1C=C[C@H]2C1. The smallest absolute Gasteiger partial charge is 0.330 e. The monoisotopic (exact) mass is 381 g/mol. The van der Waals surface area contributed by atoms with Gasteiger partial charge in [-0.25, -0.2) is 4.79 Å². The van der Waals surface area contributed by atoms with E-state index in [1.54, 1.807) is 44.2 Å². The van der Waals surface area contributed by atoms with Crippen molar-refractivity contribution >= 4 is 23.6 Å². The molecule has 0 spiro atoms. The van der Waals surface area contributed by atoms with Crippen LogP contribution in [0.1, 0.15) is 30.6 Å². The third kappa shape index (κ3) is 2.87. The van der Waals surface area contributed by atoms with Gasteiger partial charge in [0.05, 0.1) is 11.8 Å². The van der Waals surface area contributed by atoms with Gasteiger partial charge in [0.2, 0.25) is 11.8 Å². The van der Waals surface area contributed by atoms with Crippen LogP contribution in [0.4, 0.5) is 0 Å². The summed E-state index contributed by atoms with van der Waals surface area (Å²) in [6.07, 6.45) is 4.87. The number of ketones is 1. The summed E-state index contributed by atoms with van der Waals surface area (Å²) in [6, 6.07) is 7.54. The quantitative estimate of drug-likeness (QED) is 0.327. The van der Waals surface area contributed by atoms with Crippen LogP contribution in [0.5, 0.6) is 0 Å². The number of allylic oxidation sites excluding steroid dienone is 2. The molecular formula is C22H23NO5. The van der Waals surface area contributed by atoms with Crippen LogP contribution in [-0.4, -0.2) is 41.1 Å². The first-order valence-corrected chi connectivity index (χ1v) is 9.70. The maximum Gasteiger partial charge on any atom is 0.330 e. The molecule has 2 fully saturated rings. The van der Waals surface area contributed by atoms with Crippen molar-refractivity contribution in [1.29, 1.82) is 0 Å². The highest BCUT2D eigenvalue weighted by Gasteiger charge is 2.61. The first-order valence-electron chi connectivity index (χ1n) is 9.70. The van der Waals surface area contributed by atoms with Crippen molar-refractivity contribution in [2.24, 2.45) is 29.6 Å². The lowest BCUT2D eigenvalue weighted by molar-refractivity contribution is -0.160. The van der Waals surface area contributed by atoms with Crippen LogP contribution in [0.3, 0.4) is 0 Å². The number of fused-ring (bicyclic) bond motifs is 5. The number of carbonyl (C=O) groups is 4. The number of nitrogens with zero attached hydrogens (tertiary/aromatic N) is 1. The summed E-state index contributed by atoms with van der Waals surface area (Å²) >= 11 is 0. The molecule has 2 aliphatic carbocycles. The topological polar surface area (TPSA) is 80.8 Å². The van der Waals surface area contributed by atoms with E-state index in [-0.39, 0.29) is 47.2 Å². The van der Waals surface area contributed by atoms with Gasteiger partial charge >= 0.3 is 5.97 Å². The molecule has 0 radical (unpaired) electrons. The Hall–Kier alpha value is -2.76. The van der Waals surface area contributed by atoms with E-state index in [1.165, 1.54) is 0 Å². The van der Waals surface area contributed by atoms with Gasteiger partial charge in [-0.2, -0.15) is 0 Å². The van der Waals surface area contributed by atoms with E-state index in [2.05, 4.69) is 0 Å². The Morgan fingerprint density at radius 2 is 1.61 bits per heavy atom. The molecule has 1 saturated carbocycles. The number of hydrogen-bond acceptors (Lipinski definition) is 5. The minimum atomic E-state index is -1.01. The van der Waals surface area contributed by atoms with Gasteiger partial charge in [0.25, 0.3) is 0 Å². The minimum absolute atomic E-state index is 0.0833. The Balaban J connectivity index is 1.48. The highest BCUT2D eigenvalue weighted by Crippen LogP contribution is 2.53. The second-order valence-electron chi connectivity index (χ2n) is 8.13. The Kier molecular flexibility index (Phi) is 4.65. The highest BCUT2D eigenvalue weighted by molar-refractivity contribution is 6.09. The van der Waals surface area contributed by atoms with Crippen molar-refractivity contribution in [2.45, 2.75) is 26.3 Å². The summed E-state index contributed by atoms with van der Waals surface area (Å²) in [5, 5.41) is 0. The number of imide groups is 1. The zero-order valence-electron chi connectivity index (χ0n) is 15.9. The fourth-order valence-electron chi connectivity index (χ4n) is 4.80. The fraction of sp³-hybridized carbons (Fsp3) is 0.455. The summed E-state index contributed by atoms with van der Waals surface area (Å²) in [6.45, 7) is 3.13. The van der Waals surface area contributed by atoms with E-state index in [0.29, 0.717) is 5.56 Å². The minimum Gasteiger partial charge on any atom is -0.456 e. The van der Waals surface area contributed by atoms with Crippen molar-refractivity contribution < 1.29 is 23.9 Å². The summed E-state index contributed by atoms with van der Waals surface area (Å²) in [7, 11) is 0. The number of likely N-dealkylation sites (tertiary alicyclic amines) is 1. The van der Waals surface area contributed by atoms with Crippen LogP contribution in [-0.2, 0) is 19.1 Å². The summed E-state index contributed by atoms with van der Waals surface area (Å²) in [5.41, 5.74) is 0.446. The van der Waals surface area contributed by atoms with Crippen molar-refractivity contribution in [2.75, 3.05) is 6.61 Å². The van der Waals surface area contributed by atoms with Gasteiger partial charge in [-0.05, 0) is 24.2 Å². The summed E-state index contributed by atoms with van der Waals surface area (Å²) in [4.78, 5) is 52.1. The number of hydrogen-bond donors (Lipinski definition) is 0. The molecular weight excluding hydrogens is 358 g/mol. The second-order valence-corrected chi connectivity index (χ2v) is 8.13. The zero-order chi connectivity index (χ0) is 20.0. The van der Waals surface area contributed by atoms with Crippen molar-refractivity contribution in [3.05, 3.63) is 48.0 Å². The second kappa shape index (κ2) is 7.00. The maximum absolute atomic E-state index is 13.0. The van der Waals surface area contributed by atoms with Gasteiger partial charge in [0.15, 0.2) is 12.4 Å². The maximum atomic E-state index is 13.0. The fourth-order valence-corrected chi connectivity index (χ4v) is 4.80. The molecule has 4 rings (SSSR count). The molecule has 6 nitrogen and oxygen atoms in total. The lowest BCUT2D eigenvalue weighted by Crippen LogP contribution is -2.50. The molecule has 1 aromatic carbocycles. The molecule has 6 heteroatoms. The molecule has 1 aromatic rings. The van der Waals surface area contributed by atoms with Gasteiger partial charge in [0.1, 0.15) is 6.04 Å². The van der Waals surface area contributed by atoms with Crippen LogP contribution in [0.25, 0.3) is 0 Å². The van der Waals surface area contributed by atoms with E-state index in [0.717, 1.165) is 11.3 Å². The van der Waals surface area contributed by atoms with Crippen molar-refractivity contribution in [3.8, 4) is 0 Å². The first kappa shape index (κ1) is 18.6. The van der Waals surface area contributed by atoms with Crippen LogP contribution in [0.2, 0.25) is 0 Å². The largest absolute Gasteiger partial charge is 0.456 e. The number of esters is 1. The van der Waals surface area contributed by atoms with Gasteiger partial charge in [0, 0.05) is 5.56 Å². The Labute approximate surface area is 163 Å². The number of benzene rings is 1. The number of amides is 2. The molecule has 28 heavy (non-hydrogen) atoms. The van der Waals surface area contributed by atoms with E-state index >= 15 is 0 Å². The molecule has 1 saturated heterocycles. The average Bonchev–Trinajstić information content (AvgIpc) is 3.36. The van der Waals surface area contributed by atoms with Gasteiger partial charge in [-0.1, -0.05) is 56.3 Å². The molecule has 1 heterocycles. The van der Waals surface area contributed by atoms with Crippen molar-refractivity contribution in [1.82, 2.24) is 4.90 Å². The number of carbonyl (C=O) groups excluding carboxylic acids is 4. The molecule has 0 aromatic heterocycles. The molecule has 1 aliphatic heterocycles. The van der Waals surface area contributed by atoms with E-state index in [9.17, 15) is 19.2 Å². The molecule has 146 valence electrons. The highest BCUT2D eigenvalue weighted by atomic mass is 16.5. The van der Waals surface area contributed by atoms with Crippen LogP contribution >= 0.6 is 0 Å². The molecule has 2 amide bonds. The normalized spacial score (nSPS) is 28.8. The van der Waals surface area contributed by atoms with Crippen LogP contribution in [0.15, 0.2) is 42.5 Å². The number of Topliss-reactive ketones (excluding diaryl/α,β-unsaturated/α-hetero) is 1. The molecule has 0 N–H and O–H groups in total. The Bertz CT molecular complexity index is 829. The molecule has 5 atom stereocenters. The third-order valence-corrected chi connectivity index (χ3v) is 6.10. The van der Waals surface area contributed by atoms with E-state index < -0.39 is 18.6 Å². The third-order valence-electron chi connectivity index (χ3n) is 6.10. The molecule has 0 unspecified atom stereocenters. The summed E-state index contributed by atoms with van der Waals surface area (Å²) < 4.78 is 5.23. The predicted octanol–water partition coefficient (Wildman–Crippen LogP) is 2.24. The summed E-state index contributed by atoms with van der Waals surface area (Å²) in [5.74, 6) is -2.45. The van der Waals surface area contributed by atoms with Gasteiger partial charge in [-0.15, -0.1) is 0 Å². The molecule has 3 aliphatic rings. The van der Waals surface area contributed by atoms with Crippen LogP contribution in [0, 0.1) is 29.6 Å².